The molecule has 28 heavy (non-hydrogen) atoms. The molecule has 2 aromatic carbocycles. The van der Waals surface area contributed by atoms with E-state index in [1.807, 2.05) is 42.5 Å². The van der Waals surface area contributed by atoms with Crippen LogP contribution < -0.4 is 5.32 Å². The fourth-order valence-electron chi connectivity index (χ4n) is 3.75. The predicted octanol–water partition coefficient (Wildman–Crippen LogP) is 3.07. The van der Waals surface area contributed by atoms with E-state index in [1.165, 1.54) is 9.87 Å². The maximum atomic E-state index is 13.0. The van der Waals surface area contributed by atoms with E-state index >= 15 is 0 Å². The number of hydrogen-bond donors (Lipinski definition) is 1. The van der Waals surface area contributed by atoms with Crippen LogP contribution in [0.1, 0.15) is 42.9 Å². The van der Waals surface area contributed by atoms with E-state index in [0.717, 1.165) is 17.5 Å². The van der Waals surface area contributed by atoms with Crippen molar-refractivity contribution in [2.24, 2.45) is 0 Å². The van der Waals surface area contributed by atoms with Gasteiger partial charge < -0.3 is 5.32 Å². The Morgan fingerprint density at radius 1 is 1.07 bits per heavy atom. The number of amides is 1. The Bertz CT molecular complexity index is 912. The molecular formula is C22H28N2O3S. The Balaban J connectivity index is 1.78. The lowest BCUT2D eigenvalue weighted by atomic mass is 9.94. The van der Waals surface area contributed by atoms with Crippen molar-refractivity contribution in [3.63, 3.8) is 0 Å². The lowest BCUT2D eigenvalue weighted by Gasteiger charge is -2.35. The number of carbonyl (C=O) groups excluding carboxylic acids is 1. The molecular weight excluding hydrogens is 372 g/mol. The summed E-state index contributed by atoms with van der Waals surface area (Å²) >= 11 is 0. The monoisotopic (exact) mass is 400 g/mol. The molecule has 1 amide bonds. The minimum absolute atomic E-state index is 0.0133. The van der Waals surface area contributed by atoms with Gasteiger partial charge in [-0.05, 0) is 36.5 Å². The lowest BCUT2D eigenvalue weighted by molar-refractivity contribution is -0.125. The van der Waals surface area contributed by atoms with Crippen LogP contribution in [0.2, 0.25) is 0 Å². The number of hydrogen-bond acceptors (Lipinski definition) is 3. The summed E-state index contributed by atoms with van der Waals surface area (Å²) in [4.78, 5) is 13.0. The van der Waals surface area contributed by atoms with E-state index in [2.05, 4.69) is 24.4 Å². The van der Waals surface area contributed by atoms with Gasteiger partial charge in [-0.25, -0.2) is 8.42 Å². The zero-order chi connectivity index (χ0) is 20.1. The van der Waals surface area contributed by atoms with E-state index in [4.69, 9.17) is 0 Å². The summed E-state index contributed by atoms with van der Waals surface area (Å²) in [6, 6.07) is 17.1. The van der Waals surface area contributed by atoms with E-state index in [-0.39, 0.29) is 24.1 Å². The van der Waals surface area contributed by atoms with Gasteiger partial charge in [0.05, 0.1) is 5.75 Å². The Hall–Kier alpha value is -2.18. The average molecular weight is 401 g/mol. The molecule has 3 rings (SSSR count). The molecule has 0 saturated heterocycles. The average Bonchev–Trinajstić information content (AvgIpc) is 2.73. The summed E-state index contributed by atoms with van der Waals surface area (Å²) in [5.74, 6) is -0.0289. The second kappa shape index (κ2) is 8.88. The summed E-state index contributed by atoms with van der Waals surface area (Å²) < 4.78 is 26.7. The second-order valence-corrected chi connectivity index (χ2v) is 9.41. The number of benzene rings is 2. The topological polar surface area (TPSA) is 66.5 Å². The third kappa shape index (κ3) is 4.45. The fraction of sp³-hybridized carbons (Fsp3) is 0.409. The molecule has 1 N–H and O–H groups in total. The highest BCUT2D eigenvalue weighted by Gasteiger charge is 2.37. The van der Waals surface area contributed by atoms with Crippen LogP contribution in [-0.4, -0.2) is 37.0 Å². The van der Waals surface area contributed by atoms with Gasteiger partial charge >= 0.3 is 0 Å². The summed E-state index contributed by atoms with van der Waals surface area (Å²) in [5.41, 5.74) is 3.19. The van der Waals surface area contributed by atoms with E-state index < -0.39 is 16.1 Å². The van der Waals surface area contributed by atoms with Crippen LogP contribution in [-0.2, 0) is 27.8 Å². The molecule has 0 spiro atoms. The molecule has 2 atom stereocenters. The Labute approximate surface area is 167 Å². The first-order valence-electron chi connectivity index (χ1n) is 9.85. The van der Waals surface area contributed by atoms with Crippen LogP contribution in [0.3, 0.4) is 0 Å². The van der Waals surface area contributed by atoms with Crippen molar-refractivity contribution in [3.8, 4) is 0 Å². The van der Waals surface area contributed by atoms with Crippen LogP contribution in [0.15, 0.2) is 54.6 Å². The first-order valence-corrected chi connectivity index (χ1v) is 11.5. The van der Waals surface area contributed by atoms with Gasteiger partial charge in [-0.15, -0.1) is 0 Å². The summed E-state index contributed by atoms with van der Waals surface area (Å²) in [6.45, 7) is 4.46. The first-order chi connectivity index (χ1) is 13.5. The lowest BCUT2D eigenvalue weighted by Crippen LogP contribution is -2.53. The highest BCUT2D eigenvalue weighted by molar-refractivity contribution is 7.89. The zero-order valence-electron chi connectivity index (χ0n) is 16.5. The quantitative estimate of drug-likeness (QED) is 0.777. The van der Waals surface area contributed by atoms with Crippen LogP contribution in [0.25, 0.3) is 0 Å². The molecule has 0 bridgehead atoms. The molecule has 1 aliphatic rings. The van der Waals surface area contributed by atoms with Crippen molar-refractivity contribution in [1.29, 1.82) is 0 Å². The molecule has 5 nitrogen and oxygen atoms in total. The minimum atomic E-state index is -3.48. The normalized spacial score (nSPS) is 18.3. The number of fused-ring (bicyclic) bond motifs is 1. The van der Waals surface area contributed by atoms with Crippen LogP contribution in [0, 0.1) is 0 Å². The van der Waals surface area contributed by atoms with Gasteiger partial charge in [0.15, 0.2) is 0 Å². The summed E-state index contributed by atoms with van der Waals surface area (Å²) in [5, 5.41) is 3.01. The largest absolute Gasteiger partial charge is 0.354 e. The van der Waals surface area contributed by atoms with Crippen molar-refractivity contribution in [1.82, 2.24) is 9.62 Å². The standard InChI is InChI=1S/C22H28N2O3S/c1-3-17(18-10-6-5-7-11-18)15-23-22(25)21-14-19-12-8-9-13-20(19)16-24(21)28(26,27)4-2/h5-13,17,21H,3-4,14-16H2,1-2H3,(H,23,25)/t17-,21-/m0/s1. The molecule has 0 unspecified atom stereocenters. The van der Waals surface area contributed by atoms with Crippen molar-refractivity contribution in [2.45, 2.75) is 45.2 Å². The van der Waals surface area contributed by atoms with Gasteiger partial charge in [0.25, 0.3) is 0 Å². The molecule has 0 saturated carbocycles. The maximum absolute atomic E-state index is 13.0. The smallest absolute Gasteiger partial charge is 0.238 e. The number of sulfonamides is 1. The van der Waals surface area contributed by atoms with Gasteiger partial charge in [0, 0.05) is 19.0 Å². The van der Waals surface area contributed by atoms with E-state index in [0.29, 0.717) is 13.0 Å². The third-order valence-electron chi connectivity index (χ3n) is 5.52. The molecule has 1 aliphatic heterocycles. The van der Waals surface area contributed by atoms with E-state index in [1.54, 1.807) is 6.92 Å². The van der Waals surface area contributed by atoms with Gasteiger partial charge in [-0.2, -0.15) is 4.31 Å². The number of nitrogens with one attached hydrogen (secondary N) is 1. The van der Waals surface area contributed by atoms with Crippen molar-refractivity contribution in [3.05, 3.63) is 71.3 Å². The van der Waals surface area contributed by atoms with Gasteiger partial charge in [0.2, 0.25) is 15.9 Å². The zero-order valence-corrected chi connectivity index (χ0v) is 17.3. The van der Waals surface area contributed by atoms with Crippen molar-refractivity contribution < 1.29 is 13.2 Å². The number of nitrogens with zero attached hydrogens (tertiary/aromatic N) is 1. The Kier molecular flexibility index (Phi) is 6.52. The SMILES string of the molecule is CC[C@@H](CNC(=O)[C@@H]1Cc2ccccc2CN1S(=O)(=O)CC)c1ccccc1. The molecule has 0 aromatic heterocycles. The van der Waals surface area contributed by atoms with Crippen LogP contribution >= 0.6 is 0 Å². The fourth-order valence-corrected chi connectivity index (χ4v) is 4.97. The molecule has 6 heteroatoms. The second-order valence-electron chi connectivity index (χ2n) is 7.20. The van der Waals surface area contributed by atoms with E-state index in [9.17, 15) is 13.2 Å². The minimum Gasteiger partial charge on any atom is -0.354 e. The molecule has 2 aromatic rings. The van der Waals surface area contributed by atoms with Crippen LogP contribution in [0.5, 0.6) is 0 Å². The van der Waals surface area contributed by atoms with Gasteiger partial charge in [0.1, 0.15) is 6.04 Å². The molecule has 0 aliphatic carbocycles. The van der Waals surface area contributed by atoms with Gasteiger partial charge in [-0.1, -0.05) is 61.5 Å². The molecule has 1 heterocycles. The molecule has 0 fully saturated rings. The summed E-state index contributed by atoms with van der Waals surface area (Å²) in [6.07, 6.45) is 1.30. The molecule has 150 valence electrons. The number of rotatable bonds is 7. The predicted molar refractivity (Wildman–Crippen MR) is 111 cm³/mol. The number of carbonyl (C=O) groups is 1. The summed E-state index contributed by atoms with van der Waals surface area (Å²) in [7, 11) is -3.48. The van der Waals surface area contributed by atoms with Crippen LogP contribution in [0.4, 0.5) is 0 Å². The Morgan fingerprint density at radius 2 is 1.71 bits per heavy atom. The third-order valence-corrected chi connectivity index (χ3v) is 7.34. The first kappa shape index (κ1) is 20.6. The molecule has 0 radical (unpaired) electrons. The maximum Gasteiger partial charge on any atom is 0.238 e. The van der Waals surface area contributed by atoms with Crippen molar-refractivity contribution in [2.75, 3.05) is 12.3 Å². The van der Waals surface area contributed by atoms with Gasteiger partial charge in [-0.3, -0.25) is 4.79 Å². The highest BCUT2D eigenvalue weighted by atomic mass is 32.2. The van der Waals surface area contributed by atoms with Crippen molar-refractivity contribution >= 4 is 15.9 Å². The Morgan fingerprint density at radius 3 is 2.36 bits per heavy atom. The highest BCUT2D eigenvalue weighted by Crippen LogP contribution is 2.26.